The van der Waals surface area contributed by atoms with Crippen LogP contribution in [0, 0.1) is 0 Å². The van der Waals surface area contributed by atoms with Gasteiger partial charge in [-0.05, 0) is 35.2 Å². The fraction of sp³-hybridized carbons (Fsp3) is 0. The summed E-state index contributed by atoms with van der Waals surface area (Å²) in [4.78, 5) is 2.77. The number of aromatic nitrogens is 1. The molecule has 0 fully saturated rings. The van der Waals surface area contributed by atoms with Gasteiger partial charge in [0.1, 0.15) is 0 Å². The van der Waals surface area contributed by atoms with Gasteiger partial charge in [0.2, 0.25) is 6.71 Å². The van der Waals surface area contributed by atoms with Gasteiger partial charge in [-0.1, -0.05) is 77.9 Å². The van der Waals surface area contributed by atoms with Crippen molar-refractivity contribution in [3.05, 3.63) is 84.9 Å². The van der Waals surface area contributed by atoms with Crippen LogP contribution in [-0.4, -0.2) is 11.3 Å². The highest BCUT2D eigenvalue weighted by Crippen LogP contribution is 2.37. The lowest BCUT2D eigenvalue weighted by Gasteiger charge is -2.33. The van der Waals surface area contributed by atoms with Crippen LogP contribution in [0.25, 0.3) is 27.5 Å². The van der Waals surface area contributed by atoms with E-state index in [1.807, 2.05) is 11.8 Å². The molecule has 2 aliphatic heterocycles. The summed E-state index contributed by atoms with van der Waals surface area (Å²) in [7, 11) is 0. The van der Waals surface area contributed by atoms with Crippen LogP contribution < -0.4 is 16.4 Å². The molecule has 5 aromatic rings. The van der Waals surface area contributed by atoms with Gasteiger partial charge in [-0.15, -0.1) is 0 Å². The van der Waals surface area contributed by atoms with Crippen molar-refractivity contribution >= 4 is 56.7 Å². The van der Waals surface area contributed by atoms with Crippen molar-refractivity contribution in [2.45, 2.75) is 9.79 Å². The number of nitrogens with zero attached hydrogens (tertiary/aromatic N) is 1. The van der Waals surface area contributed by atoms with Gasteiger partial charge in [-0.3, -0.25) is 0 Å². The molecular weight excluding hydrogens is 345 g/mol. The molecule has 4 aromatic carbocycles. The van der Waals surface area contributed by atoms with Gasteiger partial charge in [0, 0.05) is 31.8 Å². The van der Waals surface area contributed by atoms with E-state index >= 15 is 0 Å². The summed E-state index contributed by atoms with van der Waals surface area (Å²) < 4.78 is 2.49. The van der Waals surface area contributed by atoms with Crippen molar-refractivity contribution in [3.63, 3.8) is 0 Å². The van der Waals surface area contributed by atoms with E-state index in [9.17, 15) is 0 Å². The standard InChI is InChI=1S/C24H14BNS/c1-3-11-19-15(7-1)16-8-5-10-18-24(16)26(19)20-12-6-14-22-23(20)25(18)17-9-2-4-13-21(17)27-22/h1-14H. The zero-order valence-electron chi connectivity index (χ0n) is 14.5. The summed E-state index contributed by atoms with van der Waals surface area (Å²) in [6, 6.07) is 31.3. The monoisotopic (exact) mass is 359 g/mol. The van der Waals surface area contributed by atoms with E-state index < -0.39 is 0 Å². The number of hydrogen-bond donors (Lipinski definition) is 0. The fourth-order valence-electron chi connectivity index (χ4n) is 5.04. The van der Waals surface area contributed by atoms with Crippen molar-refractivity contribution in [2.24, 2.45) is 0 Å². The van der Waals surface area contributed by atoms with Gasteiger partial charge in [-0.2, -0.15) is 0 Å². The highest BCUT2D eigenvalue weighted by atomic mass is 32.2. The molecule has 0 unspecified atom stereocenters. The first kappa shape index (κ1) is 14.2. The molecule has 0 saturated heterocycles. The van der Waals surface area contributed by atoms with Crippen LogP contribution in [0.1, 0.15) is 0 Å². The summed E-state index contributed by atoms with van der Waals surface area (Å²) in [5, 5.41) is 2.70. The second kappa shape index (κ2) is 4.87. The van der Waals surface area contributed by atoms with Crippen LogP contribution in [0.15, 0.2) is 94.7 Å². The number of benzene rings is 4. The summed E-state index contributed by atoms with van der Waals surface area (Å²) >= 11 is 1.91. The van der Waals surface area contributed by atoms with E-state index in [1.54, 1.807) is 0 Å². The summed E-state index contributed by atoms with van der Waals surface area (Å²) in [6.07, 6.45) is 0. The molecule has 0 spiro atoms. The zero-order chi connectivity index (χ0) is 17.5. The second-order valence-corrected chi connectivity index (χ2v) is 8.44. The van der Waals surface area contributed by atoms with Crippen molar-refractivity contribution in [2.75, 3.05) is 0 Å². The molecule has 3 heteroatoms. The number of rotatable bonds is 0. The average molecular weight is 359 g/mol. The van der Waals surface area contributed by atoms with Crippen LogP contribution in [0.2, 0.25) is 0 Å². The molecule has 27 heavy (non-hydrogen) atoms. The third-order valence-electron chi connectivity index (χ3n) is 6.06. The van der Waals surface area contributed by atoms with Gasteiger partial charge in [0.25, 0.3) is 0 Å². The Morgan fingerprint density at radius 3 is 2.37 bits per heavy atom. The lowest BCUT2D eigenvalue weighted by Crippen LogP contribution is -2.58. The molecular formula is C24H14BNS. The molecule has 1 aromatic heterocycles. The predicted molar refractivity (Wildman–Crippen MR) is 116 cm³/mol. The van der Waals surface area contributed by atoms with Gasteiger partial charge < -0.3 is 4.57 Å². The predicted octanol–water partition coefficient (Wildman–Crippen LogP) is 4.08. The van der Waals surface area contributed by atoms with Gasteiger partial charge in [0.05, 0.1) is 5.52 Å². The lowest BCUT2D eigenvalue weighted by molar-refractivity contribution is 1.17. The molecule has 0 radical (unpaired) electrons. The summed E-state index contributed by atoms with van der Waals surface area (Å²) in [5.74, 6) is 0. The molecule has 0 N–H and O–H groups in total. The van der Waals surface area contributed by atoms with Crippen LogP contribution in [0.5, 0.6) is 0 Å². The molecule has 0 amide bonds. The van der Waals surface area contributed by atoms with E-state index in [0.717, 1.165) is 0 Å². The first-order valence-electron chi connectivity index (χ1n) is 9.34. The normalized spacial score (nSPS) is 13.7. The maximum Gasteiger partial charge on any atom is 0.249 e. The smallest absolute Gasteiger partial charge is 0.249 e. The maximum absolute atomic E-state index is 2.49. The van der Waals surface area contributed by atoms with Gasteiger partial charge in [0.15, 0.2) is 0 Å². The molecule has 2 aliphatic rings. The Morgan fingerprint density at radius 1 is 0.630 bits per heavy atom. The number of fused-ring (bicyclic) bond motifs is 7. The Kier molecular flexibility index (Phi) is 2.56. The molecule has 0 aliphatic carbocycles. The maximum atomic E-state index is 2.49. The molecule has 0 bridgehead atoms. The van der Waals surface area contributed by atoms with Gasteiger partial charge in [-0.25, -0.2) is 0 Å². The molecule has 0 saturated carbocycles. The minimum Gasteiger partial charge on any atom is -0.310 e. The van der Waals surface area contributed by atoms with E-state index in [2.05, 4.69) is 89.5 Å². The van der Waals surface area contributed by atoms with Crippen molar-refractivity contribution in [1.82, 2.24) is 4.57 Å². The molecule has 1 nitrogen and oxygen atoms in total. The largest absolute Gasteiger partial charge is 0.310 e. The van der Waals surface area contributed by atoms with E-state index in [0.29, 0.717) is 6.71 Å². The number of hydrogen-bond acceptors (Lipinski definition) is 1. The fourth-order valence-corrected chi connectivity index (χ4v) is 6.21. The van der Waals surface area contributed by atoms with Crippen LogP contribution >= 0.6 is 11.8 Å². The topological polar surface area (TPSA) is 4.93 Å². The third-order valence-corrected chi connectivity index (χ3v) is 7.23. The Hall–Kier alpha value is -2.91. The highest BCUT2D eigenvalue weighted by molar-refractivity contribution is 8.00. The summed E-state index contributed by atoms with van der Waals surface area (Å²) in [5.41, 5.74) is 8.33. The summed E-state index contributed by atoms with van der Waals surface area (Å²) in [6.45, 7) is 0.314. The van der Waals surface area contributed by atoms with Crippen LogP contribution in [-0.2, 0) is 0 Å². The first-order chi connectivity index (χ1) is 13.4. The SMILES string of the molecule is c1ccc2c(c1)Sc1cccc3c1B2c1cccc2c4ccccc4n-3c12. The van der Waals surface area contributed by atoms with Crippen LogP contribution in [0.4, 0.5) is 0 Å². The Balaban J connectivity index is 1.76. The van der Waals surface area contributed by atoms with Crippen LogP contribution in [0.3, 0.4) is 0 Å². The second-order valence-electron chi connectivity index (χ2n) is 7.36. The van der Waals surface area contributed by atoms with Gasteiger partial charge >= 0.3 is 0 Å². The molecule has 0 atom stereocenters. The third kappa shape index (κ3) is 1.64. The Bertz CT molecular complexity index is 1420. The van der Waals surface area contributed by atoms with E-state index in [4.69, 9.17) is 0 Å². The molecule has 124 valence electrons. The average Bonchev–Trinajstić information content (AvgIpc) is 3.07. The zero-order valence-corrected chi connectivity index (χ0v) is 15.3. The molecule has 7 rings (SSSR count). The van der Waals surface area contributed by atoms with Crippen molar-refractivity contribution in [1.29, 1.82) is 0 Å². The van der Waals surface area contributed by atoms with Crippen molar-refractivity contribution in [3.8, 4) is 5.69 Å². The first-order valence-corrected chi connectivity index (χ1v) is 10.2. The highest BCUT2D eigenvalue weighted by Gasteiger charge is 2.38. The number of para-hydroxylation sites is 2. The lowest BCUT2D eigenvalue weighted by atomic mass is 9.35. The Morgan fingerprint density at radius 2 is 1.37 bits per heavy atom. The quantitative estimate of drug-likeness (QED) is 0.370. The van der Waals surface area contributed by atoms with Crippen molar-refractivity contribution < 1.29 is 0 Å². The minimum atomic E-state index is 0.314. The van der Waals surface area contributed by atoms with E-state index in [-0.39, 0.29) is 0 Å². The molecule has 3 heterocycles. The minimum absolute atomic E-state index is 0.314. The van der Waals surface area contributed by atoms with E-state index in [1.165, 1.54) is 53.7 Å². The Labute approximate surface area is 161 Å².